The number of nitrogens with one attached hydrogen (secondary N) is 2. The molecule has 1 aromatic heterocycles. The quantitative estimate of drug-likeness (QED) is 0.320. The highest BCUT2D eigenvalue weighted by molar-refractivity contribution is 5.94. The SMILES string of the molecule is CC1(O)CCC(N2CC(CC(=O)NC(C)(C)c3cc(F)cc(F)c3)(NC(=O)c3cc(-c4ccc(F)cc4F)on3)C2)CC1. The van der Waals surface area contributed by atoms with Gasteiger partial charge in [-0.2, -0.15) is 0 Å². The van der Waals surface area contributed by atoms with Crippen LogP contribution < -0.4 is 10.6 Å². The van der Waals surface area contributed by atoms with Crippen molar-refractivity contribution in [1.29, 1.82) is 0 Å². The molecule has 2 fully saturated rings. The lowest BCUT2D eigenvalue weighted by Crippen LogP contribution is -2.73. The van der Waals surface area contributed by atoms with Gasteiger partial charge in [0.25, 0.3) is 5.91 Å². The maximum absolute atomic E-state index is 14.3. The molecule has 3 aromatic rings. The zero-order chi connectivity index (χ0) is 31.2. The van der Waals surface area contributed by atoms with E-state index in [1.165, 1.54) is 12.1 Å². The minimum absolute atomic E-state index is 0.0667. The van der Waals surface area contributed by atoms with E-state index in [-0.39, 0.29) is 35.0 Å². The maximum atomic E-state index is 14.3. The standard InChI is InChI=1S/C31H34F4N4O4/c1-29(2,18-10-20(33)12-21(34)11-18)36-27(40)15-31(16-39(17-31)22-6-8-30(3,42)9-7-22)37-28(41)25-14-26(43-38-25)23-5-4-19(32)13-24(23)35/h4-5,10-14,22,42H,6-9,15-17H2,1-3H3,(H,36,40)(H,37,41). The number of likely N-dealkylation sites (tertiary alicyclic amines) is 1. The summed E-state index contributed by atoms with van der Waals surface area (Å²) in [5.74, 6) is -4.34. The van der Waals surface area contributed by atoms with Crippen LogP contribution in [0.25, 0.3) is 11.3 Å². The van der Waals surface area contributed by atoms with Crippen LogP contribution in [0.2, 0.25) is 0 Å². The lowest BCUT2D eigenvalue weighted by atomic mass is 9.78. The number of aliphatic hydroxyl groups is 1. The molecule has 0 unspecified atom stereocenters. The molecule has 230 valence electrons. The average molecular weight is 603 g/mol. The van der Waals surface area contributed by atoms with Gasteiger partial charge in [0.05, 0.1) is 28.7 Å². The van der Waals surface area contributed by atoms with E-state index in [0.29, 0.717) is 32.0 Å². The summed E-state index contributed by atoms with van der Waals surface area (Å²) in [5.41, 5.74) is -2.83. The van der Waals surface area contributed by atoms with Crippen LogP contribution in [0, 0.1) is 23.3 Å². The van der Waals surface area contributed by atoms with Gasteiger partial charge >= 0.3 is 0 Å². The molecule has 2 aromatic carbocycles. The van der Waals surface area contributed by atoms with Crippen LogP contribution in [-0.4, -0.2) is 57.2 Å². The fourth-order valence-corrected chi connectivity index (χ4v) is 6.00. The Morgan fingerprint density at radius 2 is 1.67 bits per heavy atom. The van der Waals surface area contributed by atoms with E-state index in [2.05, 4.69) is 20.7 Å². The minimum atomic E-state index is -1.12. The number of amides is 2. The molecule has 0 radical (unpaired) electrons. The topological polar surface area (TPSA) is 108 Å². The molecule has 0 spiro atoms. The summed E-state index contributed by atoms with van der Waals surface area (Å²) in [6, 6.07) is 7.38. The van der Waals surface area contributed by atoms with E-state index in [1.54, 1.807) is 13.8 Å². The number of aromatic nitrogens is 1. The summed E-state index contributed by atoms with van der Waals surface area (Å²) < 4.78 is 60.5. The van der Waals surface area contributed by atoms with Crippen LogP contribution in [0.15, 0.2) is 47.0 Å². The molecule has 1 aliphatic heterocycles. The fourth-order valence-electron chi connectivity index (χ4n) is 6.00. The summed E-state index contributed by atoms with van der Waals surface area (Å²) >= 11 is 0. The smallest absolute Gasteiger partial charge is 0.274 e. The first-order chi connectivity index (χ1) is 20.1. The largest absolute Gasteiger partial charge is 0.390 e. The second kappa shape index (κ2) is 11.4. The molecule has 8 nitrogen and oxygen atoms in total. The molecule has 2 amide bonds. The van der Waals surface area contributed by atoms with Gasteiger partial charge in [-0.05, 0) is 76.3 Å². The number of carbonyl (C=O) groups excluding carboxylic acids is 2. The van der Waals surface area contributed by atoms with Crippen LogP contribution in [0.3, 0.4) is 0 Å². The molecule has 1 saturated heterocycles. The van der Waals surface area contributed by atoms with Crippen molar-refractivity contribution in [2.24, 2.45) is 0 Å². The molecule has 12 heteroatoms. The maximum Gasteiger partial charge on any atom is 0.274 e. The van der Waals surface area contributed by atoms with Crippen molar-refractivity contribution in [2.75, 3.05) is 13.1 Å². The van der Waals surface area contributed by atoms with Crippen molar-refractivity contribution in [3.63, 3.8) is 0 Å². The average Bonchev–Trinajstić information content (AvgIpc) is 3.36. The predicted molar refractivity (Wildman–Crippen MR) is 149 cm³/mol. The Bertz CT molecular complexity index is 1500. The number of halogens is 4. The summed E-state index contributed by atoms with van der Waals surface area (Å²) in [6.07, 6.45) is 2.65. The molecule has 5 rings (SSSR count). The van der Waals surface area contributed by atoms with E-state index >= 15 is 0 Å². The van der Waals surface area contributed by atoms with Gasteiger partial charge in [-0.3, -0.25) is 14.5 Å². The third kappa shape index (κ3) is 6.91. The molecule has 0 bridgehead atoms. The normalized spacial score (nSPS) is 22.1. The summed E-state index contributed by atoms with van der Waals surface area (Å²) in [7, 11) is 0. The van der Waals surface area contributed by atoms with Gasteiger partial charge in [0.2, 0.25) is 5.91 Å². The van der Waals surface area contributed by atoms with Gasteiger partial charge in [-0.15, -0.1) is 0 Å². The number of hydrogen-bond acceptors (Lipinski definition) is 6. The van der Waals surface area contributed by atoms with Crippen molar-refractivity contribution < 1.29 is 36.8 Å². The molecule has 2 heterocycles. The summed E-state index contributed by atoms with van der Waals surface area (Å²) in [6.45, 7) is 5.73. The number of rotatable bonds is 8. The van der Waals surface area contributed by atoms with Crippen LogP contribution in [-0.2, 0) is 10.3 Å². The highest BCUT2D eigenvalue weighted by Gasteiger charge is 2.49. The Morgan fingerprint density at radius 3 is 2.30 bits per heavy atom. The van der Waals surface area contributed by atoms with E-state index in [9.17, 15) is 32.3 Å². The van der Waals surface area contributed by atoms with Gasteiger partial charge in [0, 0.05) is 37.3 Å². The summed E-state index contributed by atoms with van der Waals surface area (Å²) in [4.78, 5) is 28.8. The zero-order valence-corrected chi connectivity index (χ0v) is 24.1. The van der Waals surface area contributed by atoms with Gasteiger partial charge in [0.1, 0.15) is 23.3 Å². The van der Waals surface area contributed by atoms with Gasteiger partial charge in [0.15, 0.2) is 11.5 Å². The number of carbonyl (C=O) groups is 2. The first-order valence-electron chi connectivity index (χ1n) is 14.1. The first-order valence-corrected chi connectivity index (χ1v) is 14.1. The van der Waals surface area contributed by atoms with Crippen molar-refractivity contribution in [3.05, 3.63) is 77.0 Å². The second-order valence-corrected chi connectivity index (χ2v) is 12.6. The van der Waals surface area contributed by atoms with E-state index in [4.69, 9.17) is 4.52 Å². The number of nitrogens with zero attached hydrogens (tertiary/aromatic N) is 2. The molecule has 1 aliphatic carbocycles. The van der Waals surface area contributed by atoms with Gasteiger partial charge in [-0.1, -0.05) is 5.16 Å². The van der Waals surface area contributed by atoms with Crippen LogP contribution >= 0.6 is 0 Å². The van der Waals surface area contributed by atoms with E-state index < -0.39 is 51.8 Å². The Labute approximate surface area is 246 Å². The Hall–Kier alpha value is -3.77. The monoisotopic (exact) mass is 602 g/mol. The fraction of sp³-hybridized carbons (Fsp3) is 0.452. The van der Waals surface area contributed by atoms with Crippen LogP contribution in [0.4, 0.5) is 17.6 Å². The molecule has 3 N–H and O–H groups in total. The van der Waals surface area contributed by atoms with Crippen molar-refractivity contribution >= 4 is 11.8 Å². The third-order valence-corrected chi connectivity index (χ3v) is 8.41. The van der Waals surface area contributed by atoms with Crippen LogP contribution in [0.5, 0.6) is 0 Å². The van der Waals surface area contributed by atoms with Gasteiger partial charge < -0.3 is 20.3 Å². The minimum Gasteiger partial charge on any atom is -0.390 e. The molecule has 43 heavy (non-hydrogen) atoms. The van der Waals surface area contributed by atoms with E-state index in [1.807, 2.05) is 6.92 Å². The van der Waals surface area contributed by atoms with Crippen molar-refractivity contribution in [3.8, 4) is 11.3 Å². The number of hydrogen-bond donors (Lipinski definition) is 3. The van der Waals surface area contributed by atoms with Crippen molar-refractivity contribution in [1.82, 2.24) is 20.7 Å². The lowest BCUT2D eigenvalue weighted by Gasteiger charge is -2.54. The van der Waals surface area contributed by atoms with E-state index in [0.717, 1.165) is 37.1 Å². The Kier molecular flexibility index (Phi) is 8.12. The highest BCUT2D eigenvalue weighted by atomic mass is 19.1. The van der Waals surface area contributed by atoms with Crippen LogP contribution in [0.1, 0.15) is 68.9 Å². The zero-order valence-electron chi connectivity index (χ0n) is 24.1. The Balaban J connectivity index is 1.32. The lowest BCUT2D eigenvalue weighted by molar-refractivity contribution is -0.127. The second-order valence-electron chi connectivity index (χ2n) is 12.6. The molecule has 1 saturated carbocycles. The van der Waals surface area contributed by atoms with Crippen molar-refractivity contribution in [2.45, 2.75) is 75.6 Å². The number of benzene rings is 2. The summed E-state index contributed by atoms with van der Waals surface area (Å²) in [5, 5.41) is 19.8. The third-order valence-electron chi connectivity index (χ3n) is 8.41. The molecule has 2 aliphatic rings. The molecular formula is C31H34F4N4O4. The Morgan fingerprint density at radius 1 is 1.02 bits per heavy atom. The van der Waals surface area contributed by atoms with Gasteiger partial charge in [-0.25, -0.2) is 17.6 Å². The highest BCUT2D eigenvalue weighted by Crippen LogP contribution is 2.36. The molecular weight excluding hydrogens is 568 g/mol. The predicted octanol–water partition coefficient (Wildman–Crippen LogP) is 4.82. The molecule has 0 atom stereocenters. The first kappa shape index (κ1) is 30.7.